The number of hydrogen-bond donors (Lipinski definition) is 1. The zero-order valence-corrected chi connectivity index (χ0v) is 14.3. The topological polar surface area (TPSA) is 37.3 Å². The van der Waals surface area contributed by atoms with E-state index in [0.717, 1.165) is 32.1 Å². The summed E-state index contributed by atoms with van der Waals surface area (Å²) < 4.78 is 0. The molecule has 0 rings (SSSR count). The second-order valence-corrected chi connectivity index (χ2v) is 5.85. The fourth-order valence-corrected chi connectivity index (χ4v) is 2.34. The SMILES string of the molecule is C=CC(CCCCCCC=CCC=CCCCCC)C(=O)O. The summed E-state index contributed by atoms with van der Waals surface area (Å²) in [7, 11) is 0. The number of carboxylic acids is 1. The number of rotatable bonds is 15. The molecule has 0 amide bonds. The molecule has 0 radical (unpaired) electrons. The molecule has 1 N–H and O–H groups in total. The zero-order valence-electron chi connectivity index (χ0n) is 14.3. The van der Waals surface area contributed by atoms with Gasteiger partial charge in [0.05, 0.1) is 5.92 Å². The van der Waals surface area contributed by atoms with Crippen LogP contribution in [0.2, 0.25) is 0 Å². The molecular weight excluding hydrogens is 272 g/mol. The van der Waals surface area contributed by atoms with E-state index < -0.39 is 5.97 Å². The van der Waals surface area contributed by atoms with Crippen LogP contribution in [0.3, 0.4) is 0 Å². The Morgan fingerprint density at radius 3 is 2.09 bits per heavy atom. The molecule has 0 aliphatic rings. The average molecular weight is 306 g/mol. The molecule has 1 unspecified atom stereocenters. The predicted molar refractivity (Wildman–Crippen MR) is 96.1 cm³/mol. The molecule has 0 saturated carbocycles. The fourth-order valence-electron chi connectivity index (χ4n) is 2.34. The first kappa shape index (κ1) is 20.7. The first-order chi connectivity index (χ1) is 10.7. The lowest BCUT2D eigenvalue weighted by atomic mass is 10.0. The van der Waals surface area contributed by atoms with E-state index in [1.165, 1.54) is 38.5 Å². The molecule has 1 atom stereocenters. The zero-order chi connectivity index (χ0) is 16.5. The highest BCUT2D eigenvalue weighted by Gasteiger charge is 2.11. The molecular formula is C20H34O2. The second kappa shape index (κ2) is 16.1. The average Bonchev–Trinajstić information content (AvgIpc) is 2.51. The van der Waals surface area contributed by atoms with E-state index in [0.29, 0.717) is 0 Å². The molecule has 0 aliphatic heterocycles. The van der Waals surface area contributed by atoms with Crippen molar-refractivity contribution in [3.63, 3.8) is 0 Å². The number of aliphatic carboxylic acids is 1. The van der Waals surface area contributed by atoms with Crippen molar-refractivity contribution >= 4 is 5.97 Å². The first-order valence-electron chi connectivity index (χ1n) is 8.87. The summed E-state index contributed by atoms with van der Waals surface area (Å²) in [5.74, 6) is -1.12. The summed E-state index contributed by atoms with van der Waals surface area (Å²) in [4.78, 5) is 10.8. The van der Waals surface area contributed by atoms with Crippen molar-refractivity contribution in [3.05, 3.63) is 37.0 Å². The molecule has 22 heavy (non-hydrogen) atoms. The summed E-state index contributed by atoms with van der Waals surface area (Å²) >= 11 is 0. The van der Waals surface area contributed by atoms with Gasteiger partial charge in [-0.3, -0.25) is 4.79 Å². The monoisotopic (exact) mass is 306 g/mol. The maximum Gasteiger partial charge on any atom is 0.310 e. The van der Waals surface area contributed by atoms with Crippen molar-refractivity contribution in [1.29, 1.82) is 0 Å². The molecule has 0 heterocycles. The molecule has 2 heteroatoms. The molecule has 0 aromatic heterocycles. The van der Waals surface area contributed by atoms with Gasteiger partial charge in [0.15, 0.2) is 0 Å². The quantitative estimate of drug-likeness (QED) is 0.285. The van der Waals surface area contributed by atoms with Crippen molar-refractivity contribution < 1.29 is 9.90 Å². The summed E-state index contributed by atoms with van der Waals surface area (Å²) in [6.07, 6.45) is 23.1. The predicted octanol–water partition coefficient (Wildman–Crippen LogP) is 6.30. The van der Waals surface area contributed by atoms with Gasteiger partial charge in [-0.2, -0.15) is 0 Å². The van der Waals surface area contributed by atoms with Crippen LogP contribution in [0.4, 0.5) is 0 Å². The molecule has 0 saturated heterocycles. The van der Waals surface area contributed by atoms with Crippen LogP contribution in [0.15, 0.2) is 37.0 Å². The minimum atomic E-state index is -0.749. The molecule has 0 aromatic carbocycles. The van der Waals surface area contributed by atoms with Crippen LogP contribution >= 0.6 is 0 Å². The van der Waals surface area contributed by atoms with Crippen LogP contribution < -0.4 is 0 Å². The molecule has 0 fully saturated rings. The molecule has 0 spiro atoms. The summed E-state index contributed by atoms with van der Waals surface area (Å²) in [6, 6.07) is 0. The lowest BCUT2D eigenvalue weighted by Crippen LogP contribution is -2.10. The van der Waals surface area contributed by atoms with Gasteiger partial charge >= 0.3 is 5.97 Å². The van der Waals surface area contributed by atoms with Gasteiger partial charge in [0.1, 0.15) is 0 Å². The largest absolute Gasteiger partial charge is 0.481 e. The second-order valence-electron chi connectivity index (χ2n) is 5.85. The van der Waals surface area contributed by atoms with Crippen molar-refractivity contribution in [3.8, 4) is 0 Å². The van der Waals surface area contributed by atoms with E-state index in [1.807, 2.05) is 0 Å². The Balaban J connectivity index is 3.37. The number of unbranched alkanes of at least 4 members (excludes halogenated alkanes) is 7. The van der Waals surface area contributed by atoms with Crippen molar-refractivity contribution in [1.82, 2.24) is 0 Å². The van der Waals surface area contributed by atoms with Crippen molar-refractivity contribution in [2.45, 2.75) is 77.6 Å². The van der Waals surface area contributed by atoms with Gasteiger partial charge in [-0.1, -0.05) is 69.4 Å². The van der Waals surface area contributed by atoms with Crippen molar-refractivity contribution in [2.75, 3.05) is 0 Å². The molecule has 0 aliphatic carbocycles. The van der Waals surface area contributed by atoms with Crippen LogP contribution in [0.5, 0.6) is 0 Å². The Kier molecular flexibility index (Phi) is 15.1. The normalized spacial score (nSPS) is 13.0. The minimum absolute atomic E-state index is 0.371. The standard InChI is InChI=1S/C20H34O2/c1-3-5-6-7-8-9-10-11-12-13-14-15-16-17-18-19(4-2)20(21)22/h4,8-9,11-12,19H,2-3,5-7,10,13-18H2,1H3,(H,21,22). The van der Waals surface area contributed by atoms with Crippen molar-refractivity contribution in [2.24, 2.45) is 5.92 Å². The highest BCUT2D eigenvalue weighted by atomic mass is 16.4. The lowest BCUT2D eigenvalue weighted by Gasteiger charge is -2.06. The third-order valence-electron chi connectivity index (χ3n) is 3.82. The molecule has 0 aromatic rings. The number of allylic oxidation sites excluding steroid dienone is 4. The van der Waals surface area contributed by atoms with E-state index >= 15 is 0 Å². The first-order valence-corrected chi connectivity index (χ1v) is 8.87. The Morgan fingerprint density at radius 2 is 1.55 bits per heavy atom. The number of hydrogen-bond acceptors (Lipinski definition) is 1. The number of carbonyl (C=O) groups is 1. The summed E-state index contributed by atoms with van der Waals surface area (Å²) in [5, 5.41) is 8.89. The van der Waals surface area contributed by atoms with Gasteiger partial charge < -0.3 is 5.11 Å². The van der Waals surface area contributed by atoms with E-state index in [4.69, 9.17) is 5.11 Å². The minimum Gasteiger partial charge on any atom is -0.481 e. The van der Waals surface area contributed by atoms with Crippen LogP contribution in [-0.2, 0) is 4.79 Å². The van der Waals surface area contributed by atoms with Crippen LogP contribution in [0.25, 0.3) is 0 Å². The Hall–Kier alpha value is -1.31. The lowest BCUT2D eigenvalue weighted by molar-refractivity contribution is -0.140. The Labute approximate surface area is 137 Å². The van der Waals surface area contributed by atoms with Gasteiger partial charge in [-0.15, -0.1) is 6.58 Å². The fraction of sp³-hybridized carbons (Fsp3) is 0.650. The maximum atomic E-state index is 10.8. The maximum absolute atomic E-state index is 10.8. The van der Waals surface area contributed by atoms with Gasteiger partial charge in [-0.05, 0) is 38.5 Å². The smallest absolute Gasteiger partial charge is 0.310 e. The Morgan fingerprint density at radius 1 is 0.955 bits per heavy atom. The third kappa shape index (κ3) is 13.7. The van der Waals surface area contributed by atoms with Gasteiger partial charge in [0.2, 0.25) is 0 Å². The van der Waals surface area contributed by atoms with Crippen LogP contribution in [0, 0.1) is 5.92 Å². The molecule has 0 bridgehead atoms. The summed E-state index contributed by atoms with van der Waals surface area (Å²) in [5.41, 5.74) is 0. The van der Waals surface area contributed by atoms with E-state index in [9.17, 15) is 4.79 Å². The van der Waals surface area contributed by atoms with Gasteiger partial charge in [-0.25, -0.2) is 0 Å². The van der Waals surface area contributed by atoms with Gasteiger partial charge in [0.25, 0.3) is 0 Å². The summed E-state index contributed by atoms with van der Waals surface area (Å²) in [6.45, 7) is 5.80. The van der Waals surface area contributed by atoms with Gasteiger partial charge in [0, 0.05) is 0 Å². The van der Waals surface area contributed by atoms with Crippen LogP contribution in [-0.4, -0.2) is 11.1 Å². The van der Waals surface area contributed by atoms with E-state index in [2.05, 4.69) is 37.8 Å². The molecule has 126 valence electrons. The highest BCUT2D eigenvalue weighted by molar-refractivity contribution is 5.71. The third-order valence-corrected chi connectivity index (χ3v) is 3.82. The number of carboxylic acid groups (broad SMARTS) is 1. The Bertz CT molecular complexity index is 329. The molecule has 2 nitrogen and oxygen atoms in total. The van der Waals surface area contributed by atoms with Crippen LogP contribution in [0.1, 0.15) is 77.6 Å². The highest BCUT2D eigenvalue weighted by Crippen LogP contribution is 2.13. The van der Waals surface area contributed by atoms with E-state index in [-0.39, 0.29) is 5.92 Å². The van der Waals surface area contributed by atoms with E-state index in [1.54, 1.807) is 6.08 Å².